The van der Waals surface area contributed by atoms with Gasteiger partial charge in [-0.1, -0.05) is 13.8 Å². The van der Waals surface area contributed by atoms with Crippen LogP contribution in [-0.4, -0.2) is 132 Å². The molecule has 0 atom stereocenters. The van der Waals surface area contributed by atoms with Gasteiger partial charge in [0, 0.05) is 58.3 Å². The molecule has 0 saturated carbocycles. The molecule has 0 unspecified atom stereocenters. The second-order valence-electron chi connectivity index (χ2n) is 7.98. The van der Waals surface area contributed by atoms with Crippen molar-refractivity contribution in [2.24, 2.45) is 11.7 Å². The van der Waals surface area contributed by atoms with Gasteiger partial charge in [-0.25, -0.2) is 0 Å². The number of carbonyl (C=O) groups is 4. The number of nitrogens with zero attached hydrogens (tertiary/aromatic N) is 4. The van der Waals surface area contributed by atoms with Crippen LogP contribution in [0.25, 0.3) is 0 Å². The van der Waals surface area contributed by atoms with Crippen molar-refractivity contribution in [2.75, 3.05) is 78.5 Å². The lowest BCUT2D eigenvalue weighted by molar-refractivity contribution is -0.139. The first kappa shape index (κ1) is 26.0. The van der Waals surface area contributed by atoms with Crippen molar-refractivity contribution in [1.29, 1.82) is 0 Å². The largest absolute Gasteiger partial charge is 0.480 e. The Morgan fingerprint density at radius 3 is 1.23 bits per heavy atom. The molecule has 0 spiro atoms. The van der Waals surface area contributed by atoms with Gasteiger partial charge in [-0.3, -0.25) is 38.8 Å². The third-order valence-electron chi connectivity index (χ3n) is 5.05. The predicted octanol–water partition coefficient (Wildman–Crippen LogP) is -1.91. The van der Waals surface area contributed by atoms with Gasteiger partial charge < -0.3 is 15.9 Å². The minimum Gasteiger partial charge on any atom is -0.480 e. The molecule has 172 valence electrons. The van der Waals surface area contributed by atoms with Crippen molar-refractivity contribution < 1.29 is 29.4 Å². The molecule has 0 aromatic heterocycles. The highest BCUT2D eigenvalue weighted by atomic mass is 16.4. The molecule has 0 aromatic rings. The Hall–Kier alpha value is -2.08. The first-order valence-corrected chi connectivity index (χ1v) is 10.2. The van der Waals surface area contributed by atoms with Crippen LogP contribution in [-0.2, 0) is 19.2 Å². The minimum atomic E-state index is -0.944. The maximum absolute atomic E-state index is 12.2. The maximum Gasteiger partial charge on any atom is 0.317 e. The molecule has 1 heterocycles. The Labute approximate surface area is 177 Å². The lowest BCUT2D eigenvalue weighted by Gasteiger charge is -2.33. The molecule has 1 rings (SSSR count). The van der Waals surface area contributed by atoms with Gasteiger partial charge in [0.05, 0.1) is 26.2 Å². The summed E-state index contributed by atoms with van der Waals surface area (Å²) < 4.78 is 0. The molecule has 11 heteroatoms. The van der Waals surface area contributed by atoms with Gasteiger partial charge in [-0.2, -0.15) is 0 Å². The zero-order valence-corrected chi connectivity index (χ0v) is 18.0. The van der Waals surface area contributed by atoms with E-state index in [2.05, 4.69) is 0 Å². The number of amides is 1. The number of hydrogen-bond donors (Lipinski definition) is 3. The van der Waals surface area contributed by atoms with E-state index in [1.807, 2.05) is 23.6 Å². The van der Waals surface area contributed by atoms with Crippen LogP contribution in [0.15, 0.2) is 0 Å². The van der Waals surface area contributed by atoms with Crippen LogP contribution < -0.4 is 5.73 Å². The number of aliphatic carboxylic acids is 2. The number of ketones is 1. The second kappa shape index (κ2) is 13.3. The summed E-state index contributed by atoms with van der Waals surface area (Å²) in [5.41, 5.74) is 5.32. The Morgan fingerprint density at radius 2 is 0.967 bits per heavy atom. The lowest BCUT2D eigenvalue weighted by Crippen LogP contribution is -2.49. The summed E-state index contributed by atoms with van der Waals surface area (Å²) in [4.78, 5) is 53.4. The van der Waals surface area contributed by atoms with E-state index in [9.17, 15) is 29.4 Å². The molecule has 1 fully saturated rings. The van der Waals surface area contributed by atoms with Crippen molar-refractivity contribution in [1.82, 2.24) is 19.6 Å². The van der Waals surface area contributed by atoms with Gasteiger partial charge in [0.1, 0.15) is 5.78 Å². The van der Waals surface area contributed by atoms with Gasteiger partial charge in [0.15, 0.2) is 0 Å². The fourth-order valence-corrected chi connectivity index (χ4v) is 3.22. The van der Waals surface area contributed by atoms with Crippen LogP contribution in [0.2, 0.25) is 0 Å². The lowest BCUT2D eigenvalue weighted by atomic mass is 10.1. The molecule has 0 aromatic carbocycles. The molecule has 11 nitrogen and oxygen atoms in total. The standard InChI is InChI=1S/C19H35N5O6/c1-15(2)16(25)11-21-3-7-23(13-18(27)28)9-5-22(12-17(20)26)6-10-24(8-4-21)14-19(29)30/h15H,3-14H2,1-2H3,(H2,20,26)(H,27,28)(H,29,30). The van der Waals surface area contributed by atoms with Crippen molar-refractivity contribution in [3.63, 3.8) is 0 Å². The van der Waals surface area contributed by atoms with E-state index in [4.69, 9.17) is 5.73 Å². The highest BCUT2D eigenvalue weighted by molar-refractivity contribution is 5.82. The molecule has 1 amide bonds. The van der Waals surface area contributed by atoms with Gasteiger partial charge in [0.2, 0.25) is 5.91 Å². The summed E-state index contributed by atoms with van der Waals surface area (Å²) in [6, 6.07) is 0. The van der Waals surface area contributed by atoms with E-state index in [-0.39, 0.29) is 37.9 Å². The monoisotopic (exact) mass is 429 g/mol. The molecule has 30 heavy (non-hydrogen) atoms. The van der Waals surface area contributed by atoms with Crippen LogP contribution in [0, 0.1) is 5.92 Å². The quantitative estimate of drug-likeness (QED) is 0.379. The molecular formula is C19H35N5O6. The highest BCUT2D eigenvalue weighted by Gasteiger charge is 2.21. The van der Waals surface area contributed by atoms with E-state index >= 15 is 0 Å². The minimum absolute atomic E-state index is 0.0246. The van der Waals surface area contributed by atoms with E-state index in [0.29, 0.717) is 52.4 Å². The number of rotatable bonds is 9. The highest BCUT2D eigenvalue weighted by Crippen LogP contribution is 2.03. The van der Waals surface area contributed by atoms with Crippen LogP contribution in [0.1, 0.15) is 13.8 Å². The first-order chi connectivity index (χ1) is 14.1. The molecule has 1 aliphatic heterocycles. The number of primary amides is 1. The Bertz CT molecular complexity index is 568. The first-order valence-electron chi connectivity index (χ1n) is 10.2. The van der Waals surface area contributed by atoms with Crippen molar-refractivity contribution in [3.05, 3.63) is 0 Å². The van der Waals surface area contributed by atoms with E-state index in [1.54, 1.807) is 9.80 Å². The topological polar surface area (TPSA) is 148 Å². The summed E-state index contributed by atoms with van der Waals surface area (Å²) in [6.45, 7) is 7.23. The number of hydrogen-bond acceptors (Lipinski definition) is 8. The Morgan fingerprint density at radius 1 is 0.667 bits per heavy atom. The second-order valence-corrected chi connectivity index (χ2v) is 7.98. The van der Waals surface area contributed by atoms with Gasteiger partial charge in [-0.15, -0.1) is 0 Å². The average Bonchev–Trinajstić information content (AvgIpc) is 2.62. The van der Waals surface area contributed by atoms with Crippen LogP contribution in [0.3, 0.4) is 0 Å². The third kappa shape index (κ3) is 11.2. The zero-order chi connectivity index (χ0) is 22.7. The van der Waals surface area contributed by atoms with Crippen LogP contribution >= 0.6 is 0 Å². The molecular weight excluding hydrogens is 394 g/mol. The molecule has 0 aliphatic carbocycles. The fraction of sp³-hybridized carbons (Fsp3) is 0.789. The van der Waals surface area contributed by atoms with Gasteiger partial charge >= 0.3 is 11.9 Å². The van der Waals surface area contributed by atoms with Crippen LogP contribution in [0.4, 0.5) is 0 Å². The predicted molar refractivity (Wildman–Crippen MR) is 110 cm³/mol. The summed E-state index contributed by atoms with van der Waals surface area (Å²) in [5, 5.41) is 18.4. The summed E-state index contributed by atoms with van der Waals surface area (Å²) >= 11 is 0. The smallest absolute Gasteiger partial charge is 0.317 e. The number of carboxylic acid groups (broad SMARTS) is 2. The summed E-state index contributed by atoms with van der Waals surface area (Å²) in [5.74, 6) is -2.40. The maximum atomic E-state index is 12.2. The SMILES string of the molecule is CC(C)C(=O)CN1CCN(CC(=O)O)CCN(CC(N)=O)CCN(CC(=O)O)CC1. The van der Waals surface area contributed by atoms with Crippen molar-refractivity contribution >= 4 is 23.6 Å². The van der Waals surface area contributed by atoms with Crippen LogP contribution in [0.5, 0.6) is 0 Å². The van der Waals surface area contributed by atoms with Gasteiger partial charge in [-0.05, 0) is 0 Å². The number of carboxylic acids is 2. The van der Waals surface area contributed by atoms with Crippen molar-refractivity contribution in [2.45, 2.75) is 13.8 Å². The normalized spacial score (nSPS) is 19.2. The van der Waals surface area contributed by atoms with E-state index in [1.165, 1.54) is 0 Å². The van der Waals surface area contributed by atoms with E-state index < -0.39 is 17.8 Å². The molecule has 0 bridgehead atoms. The molecule has 0 radical (unpaired) electrons. The Balaban J connectivity index is 2.95. The molecule has 1 aliphatic rings. The number of carbonyl (C=O) groups excluding carboxylic acids is 2. The average molecular weight is 430 g/mol. The molecule has 4 N–H and O–H groups in total. The molecule has 1 saturated heterocycles. The van der Waals surface area contributed by atoms with Gasteiger partial charge in [0.25, 0.3) is 0 Å². The Kier molecular flexibility index (Phi) is 11.5. The summed E-state index contributed by atoms with van der Waals surface area (Å²) in [7, 11) is 0. The number of Topliss-reactive ketones (excluding diaryl/α,β-unsaturated/α-hetero) is 1. The van der Waals surface area contributed by atoms with E-state index in [0.717, 1.165) is 0 Å². The number of nitrogens with two attached hydrogens (primary N) is 1. The zero-order valence-electron chi connectivity index (χ0n) is 18.0. The fourth-order valence-electron chi connectivity index (χ4n) is 3.22. The summed E-state index contributed by atoms with van der Waals surface area (Å²) in [6.07, 6.45) is 0. The third-order valence-corrected chi connectivity index (χ3v) is 5.05. The van der Waals surface area contributed by atoms with Crippen molar-refractivity contribution in [3.8, 4) is 0 Å².